The van der Waals surface area contributed by atoms with E-state index in [1.165, 1.54) is 48.5 Å². The molecule has 2 amide bonds. The average molecular weight is 380 g/mol. The summed E-state index contributed by atoms with van der Waals surface area (Å²) in [5.41, 5.74) is 6.13. The Morgan fingerprint density at radius 1 is 1.21 bits per heavy atom. The second kappa shape index (κ2) is 7.76. The minimum Gasteiger partial charge on any atom is -0.493 e. The SMILES string of the molecule is CC(=O)N(C(=O)CN)c1ccc(-c2ncc(C(=O)n3ccnc3)c(O)n2)cc1. The molecule has 3 N–H and O–H groups in total. The number of benzene rings is 1. The highest BCUT2D eigenvalue weighted by Crippen LogP contribution is 2.24. The predicted octanol–water partition coefficient (Wildman–Crippen LogP) is 0.572. The summed E-state index contributed by atoms with van der Waals surface area (Å²) in [5, 5.41) is 10.1. The van der Waals surface area contributed by atoms with Crippen molar-refractivity contribution >= 4 is 23.4 Å². The number of carbonyl (C=O) groups excluding carboxylic acids is 3. The minimum absolute atomic E-state index is 0.0744. The summed E-state index contributed by atoms with van der Waals surface area (Å²) in [4.78, 5) is 48.6. The highest BCUT2D eigenvalue weighted by Gasteiger charge is 2.20. The summed E-state index contributed by atoms with van der Waals surface area (Å²) in [6.07, 6.45) is 5.40. The Hall–Kier alpha value is -3.92. The molecule has 1 aromatic carbocycles. The highest BCUT2D eigenvalue weighted by molar-refractivity contribution is 6.14. The van der Waals surface area contributed by atoms with Gasteiger partial charge >= 0.3 is 0 Å². The normalized spacial score (nSPS) is 10.5. The molecule has 2 heterocycles. The number of hydrogen-bond acceptors (Lipinski definition) is 8. The third kappa shape index (κ3) is 3.62. The Morgan fingerprint density at radius 3 is 2.46 bits per heavy atom. The molecule has 10 heteroatoms. The van der Waals surface area contributed by atoms with Crippen molar-refractivity contribution in [1.82, 2.24) is 19.5 Å². The summed E-state index contributed by atoms with van der Waals surface area (Å²) < 4.78 is 1.19. The van der Waals surface area contributed by atoms with Crippen LogP contribution in [0.4, 0.5) is 5.69 Å². The lowest BCUT2D eigenvalue weighted by atomic mass is 10.1. The molecule has 0 radical (unpaired) electrons. The summed E-state index contributed by atoms with van der Waals surface area (Å²) in [7, 11) is 0. The number of nitrogens with two attached hydrogens (primary N) is 1. The number of hydrogen-bond donors (Lipinski definition) is 2. The number of aromatic nitrogens is 4. The molecule has 3 aromatic rings. The molecule has 0 bridgehead atoms. The maximum Gasteiger partial charge on any atom is 0.270 e. The molecule has 0 aliphatic carbocycles. The molecule has 2 aromatic heterocycles. The van der Waals surface area contributed by atoms with E-state index in [0.717, 1.165) is 4.90 Å². The lowest BCUT2D eigenvalue weighted by molar-refractivity contribution is -0.124. The molecule has 3 rings (SSSR count). The molecule has 0 saturated carbocycles. The molecule has 0 aliphatic heterocycles. The number of amides is 2. The van der Waals surface area contributed by atoms with Crippen molar-refractivity contribution < 1.29 is 19.5 Å². The lowest BCUT2D eigenvalue weighted by Crippen LogP contribution is -2.39. The van der Waals surface area contributed by atoms with Crippen LogP contribution in [-0.4, -0.2) is 48.9 Å². The van der Waals surface area contributed by atoms with Crippen molar-refractivity contribution in [3.63, 3.8) is 0 Å². The maximum absolute atomic E-state index is 12.3. The van der Waals surface area contributed by atoms with E-state index >= 15 is 0 Å². The maximum atomic E-state index is 12.3. The van der Waals surface area contributed by atoms with Crippen molar-refractivity contribution in [1.29, 1.82) is 0 Å². The fourth-order valence-electron chi connectivity index (χ4n) is 2.53. The first-order valence-electron chi connectivity index (χ1n) is 8.15. The molecule has 0 fully saturated rings. The molecule has 142 valence electrons. The summed E-state index contributed by atoms with van der Waals surface area (Å²) in [6.45, 7) is 0.962. The molecule has 28 heavy (non-hydrogen) atoms. The van der Waals surface area contributed by atoms with Crippen LogP contribution >= 0.6 is 0 Å². The number of rotatable bonds is 4. The van der Waals surface area contributed by atoms with E-state index in [-0.39, 0.29) is 17.9 Å². The highest BCUT2D eigenvalue weighted by atomic mass is 16.3. The van der Waals surface area contributed by atoms with Gasteiger partial charge in [-0.3, -0.25) is 19.0 Å². The van der Waals surface area contributed by atoms with E-state index < -0.39 is 23.6 Å². The molecule has 10 nitrogen and oxygen atoms in total. The van der Waals surface area contributed by atoms with Gasteiger partial charge in [-0.2, -0.15) is 4.98 Å². The quantitative estimate of drug-likeness (QED) is 0.668. The molecule has 0 unspecified atom stereocenters. The van der Waals surface area contributed by atoms with Gasteiger partial charge in [-0.1, -0.05) is 0 Å². The van der Waals surface area contributed by atoms with Gasteiger partial charge in [0.1, 0.15) is 11.9 Å². The van der Waals surface area contributed by atoms with Gasteiger partial charge in [-0.05, 0) is 24.3 Å². The summed E-state index contributed by atoms with van der Waals surface area (Å²) >= 11 is 0. The van der Waals surface area contributed by atoms with E-state index in [4.69, 9.17) is 5.73 Å². The first-order chi connectivity index (χ1) is 13.4. The molecule has 0 spiro atoms. The van der Waals surface area contributed by atoms with Gasteiger partial charge in [0, 0.05) is 31.1 Å². The zero-order valence-corrected chi connectivity index (χ0v) is 14.8. The zero-order valence-electron chi connectivity index (χ0n) is 14.8. The topological polar surface area (TPSA) is 144 Å². The largest absolute Gasteiger partial charge is 0.493 e. The summed E-state index contributed by atoms with van der Waals surface area (Å²) in [6, 6.07) is 6.24. The Kier molecular flexibility index (Phi) is 5.23. The molecule has 0 saturated heterocycles. The number of aromatic hydroxyl groups is 1. The van der Waals surface area contributed by atoms with Gasteiger partial charge in [0.15, 0.2) is 5.82 Å². The monoisotopic (exact) mass is 380 g/mol. The van der Waals surface area contributed by atoms with E-state index in [1.54, 1.807) is 12.1 Å². The standard InChI is InChI=1S/C18H16N6O4/c1-11(25)24(15(26)8-19)13-4-2-12(3-5-13)16-21-9-14(17(27)22-16)18(28)23-7-6-20-10-23/h2-7,9-10H,8,19H2,1H3,(H,21,22,27). The first kappa shape index (κ1) is 18.9. The Morgan fingerprint density at radius 2 is 1.93 bits per heavy atom. The van der Waals surface area contributed by atoms with Crippen molar-refractivity contribution in [2.75, 3.05) is 11.4 Å². The lowest BCUT2D eigenvalue weighted by Gasteiger charge is -2.18. The molecule has 0 atom stereocenters. The predicted molar refractivity (Wildman–Crippen MR) is 98.3 cm³/mol. The van der Waals surface area contributed by atoms with Crippen molar-refractivity contribution in [2.24, 2.45) is 5.73 Å². The van der Waals surface area contributed by atoms with Crippen LogP contribution in [-0.2, 0) is 9.59 Å². The van der Waals surface area contributed by atoms with Crippen molar-refractivity contribution in [2.45, 2.75) is 6.92 Å². The second-order valence-corrected chi connectivity index (χ2v) is 5.71. The number of imide groups is 1. The van der Waals surface area contributed by atoms with Gasteiger partial charge < -0.3 is 10.8 Å². The molecular weight excluding hydrogens is 364 g/mol. The van der Waals surface area contributed by atoms with Crippen LogP contribution in [0.25, 0.3) is 11.4 Å². The number of anilines is 1. The van der Waals surface area contributed by atoms with Crippen LogP contribution in [0.2, 0.25) is 0 Å². The average Bonchev–Trinajstić information content (AvgIpc) is 3.22. The van der Waals surface area contributed by atoms with Gasteiger partial charge in [0.05, 0.1) is 12.2 Å². The van der Waals surface area contributed by atoms with Crippen LogP contribution in [0.3, 0.4) is 0 Å². The number of nitrogens with zero attached hydrogens (tertiary/aromatic N) is 5. The van der Waals surface area contributed by atoms with Gasteiger partial charge in [0.25, 0.3) is 5.91 Å². The molecular formula is C18H16N6O4. The van der Waals surface area contributed by atoms with Gasteiger partial charge in [-0.15, -0.1) is 0 Å². The molecule has 0 aliphatic rings. The van der Waals surface area contributed by atoms with Gasteiger partial charge in [0.2, 0.25) is 17.7 Å². The third-order valence-electron chi connectivity index (χ3n) is 3.86. The van der Waals surface area contributed by atoms with Gasteiger partial charge in [-0.25, -0.2) is 14.9 Å². The Balaban J connectivity index is 1.88. The smallest absolute Gasteiger partial charge is 0.270 e. The minimum atomic E-state index is -0.531. The zero-order chi connectivity index (χ0) is 20.3. The second-order valence-electron chi connectivity index (χ2n) is 5.71. The Labute approximate surface area is 159 Å². The number of carbonyl (C=O) groups is 3. The third-order valence-corrected chi connectivity index (χ3v) is 3.86. The van der Waals surface area contributed by atoms with E-state index in [0.29, 0.717) is 11.3 Å². The van der Waals surface area contributed by atoms with Crippen molar-refractivity contribution in [3.05, 3.63) is 54.7 Å². The fraction of sp³-hybridized carbons (Fsp3) is 0.111. The summed E-state index contributed by atoms with van der Waals surface area (Å²) in [5.74, 6) is -1.81. The van der Waals surface area contributed by atoms with Crippen LogP contribution in [0, 0.1) is 0 Å². The van der Waals surface area contributed by atoms with Crippen LogP contribution in [0.5, 0.6) is 5.88 Å². The first-order valence-corrected chi connectivity index (χ1v) is 8.15. The fourth-order valence-corrected chi connectivity index (χ4v) is 2.53. The van der Waals surface area contributed by atoms with Crippen molar-refractivity contribution in [3.8, 4) is 17.3 Å². The van der Waals surface area contributed by atoms with Crippen LogP contribution < -0.4 is 10.6 Å². The van der Waals surface area contributed by atoms with E-state index in [2.05, 4.69) is 15.0 Å². The van der Waals surface area contributed by atoms with E-state index in [1.807, 2.05) is 0 Å². The van der Waals surface area contributed by atoms with Crippen LogP contribution in [0.1, 0.15) is 17.3 Å². The Bertz CT molecular complexity index is 1030. The van der Waals surface area contributed by atoms with Crippen LogP contribution in [0.15, 0.2) is 49.2 Å². The number of imidazole rings is 1. The van der Waals surface area contributed by atoms with E-state index in [9.17, 15) is 19.5 Å².